The summed E-state index contributed by atoms with van der Waals surface area (Å²) in [5, 5.41) is 6.49. The predicted molar refractivity (Wildman–Crippen MR) is 59.8 cm³/mol. The van der Waals surface area contributed by atoms with Crippen molar-refractivity contribution >= 4 is 6.03 Å². The predicted octanol–water partition coefficient (Wildman–Crippen LogP) is 0.934. The van der Waals surface area contributed by atoms with Gasteiger partial charge in [0.2, 0.25) is 0 Å². The lowest BCUT2D eigenvalue weighted by atomic mass is 10.1. The quantitative estimate of drug-likeness (QED) is 0.678. The molecule has 2 aliphatic rings. The average molecular weight is 211 g/mol. The van der Waals surface area contributed by atoms with Crippen molar-refractivity contribution in [3.05, 3.63) is 0 Å². The topological polar surface area (TPSA) is 44.4 Å². The summed E-state index contributed by atoms with van der Waals surface area (Å²) in [6.45, 7) is 3.90. The molecular formula is C11H21N3O. The second-order valence-corrected chi connectivity index (χ2v) is 4.54. The molecule has 4 heteroatoms. The molecular weight excluding hydrogens is 190 g/mol. The molecule has 2 rings (SSSR count). The zero-order valence-electron chi connectivity index (χ0n) is 9.30. The van der Waals surface area contributed by atoms with Gasteiger partial charge in [0.05, 0.1) is 0 Å². The number of rotatable bonds is 1. The molecule has 0 radical (unpaired) electrons. The van der Waals surface area contributed by atoms with Gasteiger partial charge in [0.25, 0.3) is 0 Å². The van der Waals surface area contributed by atoms with Crippen molar-refractivity contribution in [3.8, 4) is 0 Å². The molecule has 86 valence electrons. The van der Waals surface area contributed by atoms with Gasteiger partial charge in [-0.1, -0.05) is 6.42 Å². The Morgan fingerprint density at radius 1 is 1.20 bits per heavy atom. The van der Waals surface area contributed by atoms with Gasteiger partial charge >= 0.3 is 6.03 Å². The van der Waals surface area contributed by atoms with Gasteiger partial charge in [0.1, 0.15) is 0 Å². The third-order valence-corrected chi connectivity index (χ3v) is 3.27. The molecule has 0 aromatic rings. The van der Waals surface area contributed by atoms with Gasteiger partial charge < -0.3 is 15.5 Å². The minimum absolute atomic E-state index is 0.140. The Labute approximate surface area is 91.4 Å². The highest BCUT2D eigenvalue weighted by molar-refractivity contribution is 5.74. The molecule has 4 nitrogen and oxygen atoms in total. The van der Waals surface area contributed by atoms with Crippen molar-refractivity contribution in [1.82, 2.24) is 15.5 Å². The molecule has 1 unspecified atom stereocenters. The standard InChI is InChI=1S/C11H21N3O/c15-11(14-7-3-4-8-14)13-10-5-1-2-6-12-9-10/h10,12H,1-9H2,(H,13,15). The van der Waals surface area contributed by atoms with Crippen LogP contribution in [0.5, 0.6) is 0 Å². The zero-order chi connectivity index (χ0) is 10.5. The number of carbonyl (C=O) groups excluding carboxylic acids is 1. The number of hydrogen-bond acceptors (Lipinski definition) is 2. The highest BCUT2D eigenvalue weighted by atomic mass is 16.2. The van der Waals surface area contributed by atoms with Gasteiger partial charge in [-0.2, -0.15) is 0 Å². The van der Waals surface area contributed by atoms with Crippen LogP contribution in [-0.4, -0.2) is 43.2 Å². The summed E-state index contributed by atoms with van der Waals surface area (Å²) in [5.41, 5.74) is 0. The summed E-state index contributed by atoms with van der Waals surface area (Å²) in [4.78, 5) is 13.7. The van der Waals surface area contributed by atoms with Crippen LogP contribution in [0.25, 0.3) is 0 Å². The first-order valence-electron chi connectivity index (χ1n) is 6.12. The Kier molecular flexibility index (Phi) is 3.83. The van der Waals surface area contributed by atoms with Crippen LogP contribution in [0.15, 0.2) is 0 Å². The summed E-state index contributed by atoms with van der Waals surface area (Å²) >= 11 is 0. The molecule has 1 atom stereocenters. The van der Waals surface area contributed by atoms with Crippen molar-refractivity contribution < 1.29 is 4.79 Å². The van der Waals surface area contributed by atoms with Crippen LogP contribution in [-0.2, 0) is 0 Å². The molecule has 15 heavy (non-hydrogen) atoms. The minimum Gasteiger partial charge on any atom is -0.334 e. The number of nitrogens with zero attached hydrogens (tertiary/aromatic N) is 1. The number of likely N-dealkylation sites (tertiary alicyclic amines) is 1. The maximum absolute atomic E-state index is 11.8. The van der Waals surface area contributed by atoms with Crippen molar-refractivity contribution in [1.29, 1.82) is 0 Å². The van der Waals surface area contributed by atoms with Crippen LogP contribution >= 0.6 is 0 Å². The van der Waals surface area contributed by atoms with Crippen LogP contribution in [0.3, 0.4) is 0 Å². The number of hydrogen-bond donors (Lipinski definition) is 2. The Morgan fingerprint density at radius 2 is 2.00 bits per heavy atom. The van der Waals surface area contributed by atoms with Crippen LogP contribution in [0.4, 0.5) is 4.79 Å². The fourth-order valence-electron chi connectivity index (χ4n) is 2.33. The lowest BCUT2D eigenvalue weighted by Gasteiger charge is -2.21. The molecule has 2 aliphatic heterocycles. The second kappa shape index (κ2) is 5.35. The third kappa shape index (κ3) is 3.09. The van der Waals surface area contributed by atoms with Crippen LogP contribution in [0.2, 0.25) is 0 Å². The molecule has 0 aliphatic carbocycles. The Morgan fingerprint density at radius 3 is 2.80 bits per heavy atom. The van der Waals surface area contributed by atoms with Gasteiger partial charge in [-0.05, 0) is 32.2 Å². The van der Waals surface area contributed by atoms with Gasteiger partial charge in [0, 0.05) is 25.7 Å². The van der Waals surface area contributed by atoms with Gasteiger partial charge in [-0.25, -0.2) is 4.79 Å². The molecule has 2 heterocycles. The highest BCUT2D eigenvalue weighted by Gasteiger charge is 2.21. The molecule has 0 bridgehead atoms. The molecule has 0 spiro atoms. The fraction of sp³-hybridized carbons (Fsp3) is 0.909. The lowest BCUT2D eigenvalue weighted by Crippen LogP contribution is -2.46. The van der Waals surface area contributed by atoms with Crippen molar-refractivity contribution in [2.75, 3.05) is 26.2 Å². The maximum Gasteiger partial charge on any atom is 0.317 e. The van der Waals surface area contributed by atoms with Gasteiger partial charge in [-0.3, -0.25) is 0 Å². The van der Waals surface area contributed by atoms with E-state index in [1.807, 2.05) is 4.90 Å². The van der Waals surface area contributed by atoms with E-state index in [9.17, 15) is 4.79 Å². The van der Waals surface area contributed by atoms with Crippen LogP contribution < -0.4 is 10.6 Å². The second-order valence-electron chi connectivity index (χ2n) is 4.54. The van der Waals surface area contributed by atoms with Crippen LogP contribution in [0.1, 0.15) is 32.1 Å². The Bertz CT molecular complexity index is 206. The monoisotopic (exact) mass is 211 g/mol. The first-order valence-corrected chi connectivity index (χ1v) is 6.12. The zero-order valence-corrected chi connectivity index (χ0v) is 9.30. The third-order valence-electron chi connectivity index (χ3n) is 3.27. The molecule has 0 saturated carbocycles. The summed E-state index contributed by atoms with van der Waals surface area (Å²) < 4.78 is 0. The molecule has 0 aromatic carbocycles. The summed E-state index contributed by atoms with van der Waals surface area (Å²) in [6.07, 6.45) is 5.90. The van der Waals surface area contributed by atoms with E-state index in [1.54, 1.807) is 0 Å². The first kappa shape index (κ1) is 10.7. The molecule has 2 amide bonds. The molecule has 0 aromatic heterocycles. The van der Waals surface area contributed by atoms with Gasteiger partial charge in [-0.15, -0.1) is 0 Å². The fourth-order valence-corrected chi connectivity index (χ4v) is 2.33. The minimum atomic E-state index is 0.140. The van der Waals surface area contributed by atoms with Crippen molar-refractivity contribution in [3.63, 3.8) is 0 Å². The Balaban J connectivity index is 1.76. The van der Waals surface area contributed by atoms with E-state index in [0.29, 0.717) is 6.04 Å². The van der Waals surface area contributed by atoms with E-state index < -0.39 is 0 Å². The molecule has 2 N–H and O–H groups in total. The van der Waals surface area contributed by atoms with E-state index in [1.165, 1.54) is 12.8 Å². The maximum atomic E-state index is 11.8. The van der Waals surface area contributed by atoms with E-state index in [2.05, 4.69) is 10.6 Å². The number of amides is 2. The first-order chi connectivity index (χ1) is 7.36. The summed E-state index contributed by atoms with van der Waals surface area (Å²) in [5.74, 6) is 0. The number of nitrogens with one attached hydrogen (secondary N) is 2. The summed E-state index contributed by atoms with van der Waals surface area (Å²) in [6, 6.07) is 0.474. The molecule has 2 fully saturated rings. The van der Waals surface area contributed by atoms with E-state index >= 15 is 0 Å². The smallest absolute Gasteiger partial charge is 0.317 e. The Hall–Kier alpha value is -0.770. The number of urea groups is 1. The van der Waals surface area contributed by atoms with E-state index in [0.717, 1.165) is 45.4 Å². The van der Waals surface area contributed by atoms with E-state index in [4.69, 9.17) is 0 Å². The molecule has 2 saturated heterocycles. The lowest BCUT2D eigenvalue weighted by molar-refractivity contribution is 0.204. The van der Waals surface area contributed by atoms with Crippen molar-refractivity contribution in [2.45, 2.75) is 38.1 Å². The van der Waals surface area contributed by atoms with Crippen LogP contribution in [0, 0.1) is 0 Å². The van der Waals surface area contributed by atoms with E-state index in [-0.39, 0.29) is 6.03 Å². The largest absolute Gasteiger partial charge is 0.334 e. The highest BCUT2D eigenvalue weighted by Crippen LogP contribution is 2.09. The number of carbonyl (C=O) groups is 1. The normalized spacial score (nSPS) is 27.5. The SMILES string of the molecule is O=C(NC1CCCCNC1)N1CCCC1. The average Bonchev–Trinajstić information content (AvgIpc) is 2.65. The van der Waals surface area contributed by atoms with Gasteiger partial charge in [0.15, 0.2) is 0 Å². The van der Waals surface area contributed by atoms with Crippen molar-refractivity contribution in [2.24, 2.45) is 0 Å². The summed E-state index contributed by atoms with van der Waals surface area (Å²) in [7, 11) is 0.